The average Bonchev–Trinajstić information content (AvgIpc) is 2.45. The lowest BCUT2D eigenvalue weighted by Crippen LogP contribution is -2.43. The lowest BCUT2D eigenvalue weighted by atomic mass is 10.1. The number of benzene rings is 1. The van der Waals surface area contributed by atoms with Gasteiger partial charge in [-0.05, 0) is 18.5 Å². The number of anilines is 1. The smallest absolute Gasteiger partial charge is 0.133 e. The van der Waals surface area contributed by atoms with E-state index in [4.69, 9.17) is 4.74 Å². The van der Waals surface area contributed by atoms with Crippen LogP contribution in [0.1, 0.15) is 0 Å². The van der Waals surface area contributed by atoms with Crippen LogP contribution in [0.4, 0.5) is 5.82 Å². The maximum absolute atomic E-state index is 5.75. The minimum Gasteiger partial charge on any atom is -0.374 e. The summed E-state index contributed by atoms with van der Waals surface area (Å²) in [6.07, 6.45) is 2.08. The minimum atomic E-state index is 0.236. The van der Waals surface area contributed by atoms with Gasteiger partial charge in [-0.25, -0.2) is 4.98 Å². The first kappa shape index (κ1) is 12.4. The van der Waals surface area contributed by atoms with Gasteiger partial charge in [0.25, 0.3) is 0 Å². The van der Waals surface area contributed by atoms with Gasteiger partial charge in [-0.2, -0.15) is 0 Å². The Hall–Kier alpha value is -1.65. The Kier molecular flexibility index (Phi) is 3.62. The third-order valence-electron chi connectivity index (χ3n) is 3.51. The Labute approximate surface area is 113 Å². The van der Waals surface area contributed by atoms with Gasteiger partial charge in [0.2, 0.25) is 0 Å². The zero-order valence-corrected chi connectivity index (χ0v) is 11.2. The van der Waals surface area contributed by atoms with Crippen molar-refractivity contribution in [1.82, 2.24) is 9.88 Å². The summed E-state index contributed by atoms with van der Waals surface area (Å²) in [4.78, 5) is 6.73. The van der Waals surface area contributed by atoms with Crippen LogP contribution < -0.4 is 5.32 Å². The molecule has 2 aromatic rings. The number of hydrogen-bond donors (Lipinski definition) is 1. The molecule has 1 saturated heterocycles. The maximum atomic E-state index is 5.75. The number of morpholine rings is 1. The molecule has 4 nitrogen and oxygen atoms in total. The molecule has 19 heavy (non-hydrogen) atoms. The number of pyridine rings is 1. The van der Waals surface area contributed by atoms with Crippen LogP contribution in [0.5, 0.6) is 0 Å². The van der Waals surface area contributed by atoms with Crippen molar-refractivity contribution in [1.29, 1.82) is 0 Å². The summed E-state index contributed by atoms with van der Waals surface area (Å²) < 4.78 is 5.75. The van der Waals surface area contributed by atoms with E-state index in [1.54, 1.807) is 0 Å². The van der Waals surface area contributed by atoms with E-state index in [0.717, 1.165) is 37.4 Å². The van der Waals surface area contributed by atoms with Gasteiger partial charge in [0, 0.05) is 31.2 Å². The molecule has 0 amide bonds. The number of aromatic nitrogens is 1. The molecule has 1 aliphatic heterocycles. The molecule has 1 N–H and O–H groups in total. The lowest BCUT2D eigenvalue weighted by molar-refractivity contribution is -0.0117. The highest BCUT2D eigenvalue weighted by atomic mass is 16.5. The number of hydrogen-bond acceptors (Lipinski definition) is 4. The molecule has 0 aliphatic carbocycles. The van der Waals surface area contributed by atoms with E-state index in [-0.39, 0.29) is 6.10 Å². The molecule has 1 aromatic heterocycles. The Morgan fingerprint density at radius 1 is 1.37 bits per heavy atom. The zero-order valence-electron chi connectivity index (χ0n) is 11.2. The second-order valence-electron chi connectivity index (χ2n) is 5.02. The van der Waals surface area contributed by atoms with E-state index in [2.05, 4.69) is 34.4 Å². The van der Waals surface area contributed by atoms with Gasteiger partial charge in [0.1, 0.15) is 5.82 Å². The normalized spacial score (nSPS) is 20.6. The molecular formula is C15H19N3O. The SMILES string of the molecule is CN1CCOC(CNc2nccc3ccccc23)C1. The fourth-order valence-corrected chi connectivity index (χ4v) is 2.46. The topological polar surface area (TPSA) is 37.4 Å². The standard InChI is InChI=1S/C15H19N3O/c1-18-8-9-19-13(11-18)10-17-15-14-5-3-2-4-12(14)6-7-16-15/h2-7,13H,8-11H2,1H3,(H,16,17). The lowest BCUT2D eigenvalue weighted by Gasteiger charge is -2.30. The molecule has 1 fully saturated rings. The number of nitrogens with one attached hydrogen (secondary N) is 1. The highest BCUT2D eigenvalue weighted by Crippen LogP contribution is 2.20. The third kappa shape index (κ3) is 2.85. The van der Waals surface area contributed by atoms with E-state index < -0.39 is 0 Å². The number of nitrogens with zero attached hydrogens (tertiary/aromatic N) is 2. The van der Waals surface area contributed by atoms with Crippen molar-refractivity contribution in [3.8, 4) is 0 Å². The van der Waals surface area contributed by atoms with Crippen LogP contribution >= 0.6 is 0 Å². The molecule has 1 aliphatic rings. The van der Waals surface area contributed by atoms with Gasteiger partial charge in [-0.15, -0.1) is 0 Å². The van der Waals surface area contributed by atoms with Gasteiger partial charge in [0.05, 0.1) is 12.7 Å². The Morgan fingerprint density at radius 2 is 2.26 bits per heavy atom. The van der Waals surface area contributed by atoms with E-state index >= 15 is 0 Å². The predicted molar refractivity (Wildman–Crippen MR) is 77.5 cm³/mol. The molecule has 2 heterocycles. The zero-order chi connectivity index (χ0) is 13.1. The van der Waals surface area contributed by atoms with Crippen LogP contribution in [0.3, 0.4) is 0 Å². The van der Waals surface area contributed by atoms with Crippen LogP contribution in [0.25, 0.3) is 10.8 Å². The second kappa shape index (κ2) is 5.55. The van der Waals surface area contributed by atoms with Crippen LogP contribution in [0.2, 0.25) is 0 Å². The molecule has 0 saturated carbocycles. The van der Waals surface area contributed by atoms with Gasteiger partial charge in [-0.1, -0.05) is 24.3 Å². The maximum Gasteiger partial charge on any atom is 0.133 e. The van der Waals surface area contributed by atoms with E-state index in [9.17, 15) is 0 Å². The fourth-order valence-electron chi connectivity index (χ4n) is 2.46. The first-order chi connectivity index (χ1) is 9.33. The summed E-state index contributed by atoms with van der Waals surface area (Å²) in [5, 5.41) is 5.79. The Balaban J connectivity index is 1.71. The molecule has 1 unspecified atom stereocenters. The quantitative estimate of drug-likeness (QED) is 0.912. The highest BCUT2D eigenvalue weighted by Gasteiger charge is 2.17. The van der Waals surface area contributed by atoms with Crippen molar-refractivity contribution in [2.75, 3.05) is 38.6 Å². The van der Waals surface area contributed by atoms with E-state index in [0.29, 0.717) is 0 Å². The van der Waals surface area contributed by atoms with Crippen molar-refractivity contribution >= 4 is 16.6 Å². The molecular weight excluding hydrogens is 238 g/mol. The van der Waals surface area contributed by atoms with Crippen LogP contribution in [0.15, 0.2) is 36.5 Å². The molecule has 0 bridgehead atoms. The summed E-state index contributed by atoms with van der Waals surface area (Å²) in [5.74, 6) is 0.940. The number of ether oxygens (including phenoxy) is 1. The first-order valence-electron chi connectivity index (χ1n) is 6.71. The molecule has 100 valence electrons. The summed E-state index contributed by atoms with van der Waals surface area (Å²) >= 11 is 0. The molecule has 0 spiro atoms. The van der Waals surface area contributed by atoms with Gasteiger partial charge >= 0.3 is 0 Å². The molecule has 1 aromatic carbocycles. The first-order valence-corrected chi connectivity index (χ1v) is 6.71. The fraction of sp³-hybridized carbons (Fsp3) is 0.400. The van der Waals surface area contributed by atoms with Crippen molar-refractivity contribution in [3.63, 3.8) is 0 Å². The minimum absolute atomic E-state index is 0.236. The summed E-state index contributed by atoms with van der Waals surface area (Å²) in [6, 6.07) is 10.3. The van der Waals surface area contributed by atoms with E-state index in [1.807, 2.05) is 24.4 Å². The molecule has 0 radical (unpaired) electrons. The van der Waals surface area contributed by atoms with Gasteiger partial charge < -0.3 is 15.0 Å². The van der Waals surface area contributed by atoms with Crippen molar-refractivity contribution in [2.24, 2.45) is 0 Å². The van der Waals surface area contributed by atoms with Gasteiger partial charge in [-0.3, -0.25) is 0 Å². The summed E-state index contributed by atoms with van der Waals surface area (Å²) in [7, 11) is 2.13. The summed E-state index contributed by atoms with van der Waals surface area (Å²) in [6.45, 7) is 3.60. The number of fused-ring (bicyclic) bond motifs is 1. The largest absolute Gasteiger partial charge is 0.374 e. The number of rotatable bonds is 3. The third-order valence-corrected chi connectivity index (χ3v) is 3.51. The Bertz CT molecular complexity index is 553. The van der Waals surface area contributed by atoms with Crippen molar-refractivity contribution in [2.45, 2.75) is 6.10 Å². The van der Waals surface area contributed by atoms with Crippen LogP contribution in [0, 0.1) is 0 Å². The van der Waals surface area contributed by atoms with Crippen LogP contribution in [-0.4, -0.2) is 49.3 Å². The summed E-state index contributed by atoms with van der Waals surface area (Å²) in [5.41, 5.74) is 0. The highest BCUT2D eigenvalue weighted by molar-refractivity contribution is 5.91. The number of likely N-dealkylation sites (N-methyl/N-ethyl adjacent to an activating group) is 1. The van der Waals surface area contributed by atoms with E-state index in [1.165, 1.54) is 5.39 Å². The molecule has 1 atom stereocenters. The second-order valence-corrected chi connectivity index (χ2v) is 5.02. The molecule has 4 heteroatoms. The van der Waals surface area contributed by atoms with Crippen molar-refractivity contribution in [3.05, 3.63) is 36.5 Å². The molecule has 3 rings (SSSR count). The monoisotopic (exact) mass is 257 g/mol. The average molecular weight is 257 g/mol. The predicted octanol–water partition coefficient (Wildman–Crippen LogP) is 1.98. The Morgan fingerprint density at radius 3 is 3.16 bits per heavy atom. The van der Waals surface area contributed by atoms with Crippen LogP contribution in [-0.2, 0) is 4.74 Å². The van der Waals surface area contributed by atoms with Crippen molar-refractivity contribution < 1.29 is 4.74 Å². The van der Waals surface area contributed by atoms with Gasteiger partial charge in [0.15, 0.2) is 0 Å².